The number of rotatable bonds is 4. The second-order valence-corrected chi connectivity index (χ2v) is 5.86. The molecule has 0 radical (unpaired) electrons. The van der Waals surface area contributed by atoms with Crippen molar-refractivity contribution in [3.8, 4) is 11.5 Å². The van der Waals surface area contributed by atoms with E-state index in [-0.39, 0.29) is 5.91 Å². The van der Waals surface area contributed by atoms with Gasteiger partial charge < -0.3 is 14.8 Å². The first kappa shape index (κ1) is 14.7. The summed E-state index contributed by atoms with van der Waals surface area (Å²) in [7, 11) is 0. The summed E-state index contributed by atoms with van der Waals surface area (Å²) in [6.45, 7) is 3.02. The van der Waals surface area contributed by atoms with E-state index < -0.39 is 0 Å². The van der Waals surface area contributed by atoms with Crippen LogP contribution in [0, 0.1) is 6.92 Å². The molecular weight excluding hydrogens is 300 g/mol. The highest BCUT2D eigenvalue weighted by Gasteiger charge is 2.12. The first-order valence-electron chi connectivity index (χ1n) is 6.97. The molecule has 0 unspecified atom stereocenters. The summed E-state index contributed by atoms with van der Waals surface area (Å²) < 4.78 is 11.0. The molecule has 0 saturated heterocycles. The summed E-state index contributed by atoms with van der Waals surface area (Å²) in [6.07, 6.45) is 0. The molecule has 1 N–H and O–H groups in total. The van der Waals surface area contributed by atoms with Crippen LogP contribution in [0.5, 0.6) is 11.5 Å². The smallest absolute Gasteiger partial charge is 0.235 e. The maximum absolute atomic E-state index is 12.0. The number of ether oxygens (including phenoxy) is 2. The maximum atomic E-state index is 12.0. The van der Waals surface area contributed by atoms with Crippen LogP contribution in [0.2, 0.25) is 0 Å². The fraction of sp³-hybridized carbons (Fsp3) is 0.250. The molecule has 22 heavy (non-hydrogen) atoms. The van der Waals surface area contributed by atoms with E-state index in [1.807, 2.05) is 37.3 Å². The minimum Gasteiger partial charge on any atom is -0.486 e. The lowest BCUT2D eigenvalue weighted by Crippen LogP contribution is -2.16. The number of aryl methyl sites for hydroxylation is 1. The predicted octanol–water partition coefficient (Wildman–Crippen LogP) is 2.89. The van der Waals surface area contributed by atoms with Crippen LogP contribution < -0.4 is 14.8 Å². The molecule has 1 amide bonds. The van der Waals surface area contributed by atoms with Gasteiger partial charge in [-0.2, -0.15) is 0 Å². The summed E-state index contributed by atoms with van der Waals surface area (Å²) in [5.74, 6) is 2.29. The molecule has 1 aromatic heterocycles. The Kier molecular flexibility index (Phi) is 4.48. The molecule has 2 heterocycles. The van der Waals surface area contributed by atoms with Crippen molar-refractivity contribution in [2.24, 2.45) is 0 Å². The number of nitrogens with one attached hydrogen (secondary N) is 1. The summed E-state index contributed by atoms with van der Waals surface area (Å²) in [5, 5.41) is 2.79. The molecule has 114 valence electrons. The van der Waals surface area contributed by atoms with E-state index in [4.69, 9.17) is 9.47 Å². The number of pyridine rings is 1. The van der Waals surface area contributed by atoms with Gasteiger partial charge in [0.2, 0.25) is 5.91 Å². The van der Waals surface area contributed by atoms with Crippen LogP contribution in [0.3, 0.4) is 0 Å². The van der Waals surface area contributed by atoms with E-state index in [0.717, 1.165) is 22.1 Å². The molecule has 1 aliphatic rings. The molecule has 0 aliphatic carbocycles. The molecular formula is C16H16N2O3S. The number of nitrogens with zero attached hydrogens (tertiary/aromatic N) is 1. The van der Waals surface area contributed by atoms with Crippen molar-refractivity contribution in [3.63, 3.8) is 0 Å². The van der Waals surface area contributed by atoms with Crippen molar-refractivity contribution in [1.29, 1.82) is 0 Å². The van der Waals surface area contributed by atoms with E-state index >= 15 is 0 Å². The van der Waals surface area contributed by atoms with Crippen molar-refractivity contribution in [3.05, 3.63) is 42.1 Å². The molecule has 1 aromatic carbocycles. The Hall–Kier alpha value is -2.21. The lowest BCUT2D eigenvalue weighted by Gasteiger charge is -2.18. The second-order valence-electron chi connectivity index (χ2n) is 4.81. The number of fused-ring (bicyclic) bond motifs is 1. The van der Waals surface area contributed by atoms with Crippen molar-refractivity contribution in [2.75, 3.05) is 24.3 Å². The fourth-order valence-electron chi connectivity index (χ4n) is 2.05. The van der Waals surface area contributed by atoms with E-state index in [9.17, 15) is 4.79 Å². The quantitative estimate of drug-likeness (QED) is 0.879. The van der Waals surface area contributed by atoms with Crippen LogP contribution in [0.1, 0.15) is 5.69 Å². The molecule has 2 aromatic rings. The van der Waals surface area contributed by atoms with Crippen LogP contribution in [0.4, 0.5) is 5.82 Å². The summed E-state index contributed by atoms with van der Waals surface area (Å²) in [6, 6.07) is 11.2. The van der Waals surface area contributed by atoms with Crippen molar-refractivity contribution < 1.29 is 14.3 Å². The van der Waals surface area contributed by atoms with Gasteiger partial charge in [0.25, 0.3) is 0 Å². The van der Waals surface area contributed by atoms with Gasteiger partial charge in [-0.1, -0.05) is 6.07 Å². The van der Waals surface area contributed by atoms with Gasteiger partial charge in [0.15, 0.2) is 11.5 Å². The van der Waals surface area contributed by atoms with Gasteiger partial charge in [-0.25, -0.2) is 4.98 Å². The third kappa shape index (κ3) is 3.71. The number of hydrogen-bond donors (Lipinski definition) is 1. The first-order chi connectivity index (χ1) is 10.7. The van der Waals surface area contributed by atoms with Gasteiger partial charge in [-0.3, -0.25) is 4.79 Å². The predicted molar refractivity (Wildman–Crippen MR) is 85.8 cm³/mol. The molecule has 3 rings (SSSR count). The van der Waals surface area contributed by atoms with Crippen LogP contribution in [-0.2, 0) is 4.79 Å². The lowest BCUT2D eigenvalue weighted by atomic mass is 10.3. The topological polar surface area (TPSA) is 60.5 Å². The highest BCUT2D eigenvalue weighted by Crippen LogP contribution is 2.34. The van der Waals surface area contributed by atoms with Gasteiger partial charge in [-0.05, 0) is 37.3 Å². The number of carbonyl (C=O) groups excluding carboxylic acids is 1. The highest BCUT2D eigenvalue weighted by molar-refractivity contribution is 8.00. The van der Waals surface area contributed by atoms with Crippen LogP contribution in [0.25, 0.3) is 0 Å². The highest BCUT2D eigenvalue weighted by atomic mass is 32.2. The lowest BCUT2D eigenvalue weighted by molar-refractivity contribution is -0.113. The third-order valence-electron chi connectivity index (χ3n) is 3.04. The Morgan fingerprint density at radius 2 is 2.05 bits per heavy atom. The molecule has 0 saturated carbocycles. The SMILES string of the molecule is Cc1cccc(NC(=O)CSc2ccc3c(c2)OCCO3)n1. The number of aromatic nitrogens is 1. The summed E-state index contributed by atoms with van der Waals surface area (Å²) in [4.78, 5) is 17.2. The zero-order valence-electron chi connectivity index (χ0n) is 12.2. The van der Waals surface area contributed by atoms with Gasteiger partial charge in [0, 0.05) is 10.6 Å². The largest absolute Gasteiger partial charge is 0.486 e. The van der Waals surface area contributed by atoms with Gasteiger partial charge in [0.05, 0.1) is 5.75 Å². The molecule has 0 bridgehead atoms. The van der Waals surface area contributed by atoms with Crippen LogP contribution in [-0.4, -0.2) is 29.9 Å². The number of hydrogen-bond acceptors (Lipinski definition) is 5. The third-order valence-corrected chi connectivity index (χ3v) is 4.03. The Morgan fingerprint density at radius 3 is 2.86 bits per heavy atom. The minimum atomic E-state index is -0.0852. The molecule has 5 nitrogen and oxygen atoms in total. The maximum Gasteiger partial charge on any atom is 0.235 e. The number of anilines is 1. The zero-order chi connectivity index (χ0) is 15.4. The Balaban J connectivity index is 1.57. The monoisotopic (exact) mass is 316 g/mol. The average molecular weight is 316 g/mol. The minimum absolute atomic E-state index is 0.0852. The van der Waals surface area contributed by atoms with Gasteiger partial charge in [0.1, 0.15) is 19.0 Å². The van der Waals surface area contributed by atoms with E-state index in [0.29, 0.717) is 24.8 Å². The average Bonchev–Trinajstić information content (AvgIpc) is 2.53. The number of thioether (sulfide) groups is 1. The van der Waals surface area contributed by atoms with Crippen LogP contribution in [0.15, 0.2) is 41.3 Å². The summed E-state index contributed by atoms with van der Waals surface area (Å²) in [5.41, 5.74) is 0.872. The Morgan fingerprint density at radius 1 is 1.23 bits per heavy atom. The number of benzene rings is 1. The van der Waals surface area contributed by atoms with E-state index in [1.165, 1.54) is 11.8 Å². The number of amides is 1. The Labute approximate surface area is 133 Å². The van der Waals surface area contributed by atoms with E-state index in [1.54, 1.807) is 6.07 Å². The molecule has 1 aliphatic heterocycles. The van der Waals surface area contributed by atoms with Crippen molar-refractivity contribution >= 4 is 23.5 Å². The zero-order valence-corrected chi connectivity index (χ0v) is 13.0. The van der Waals surface area contributed by atoms with Crippen molar-refractivity contribution in [2.45, 2.75) is 11.8 Å². The summed E-state index contributed by atoms with van der Waals surface area (Å²) >= 11 is 1.45. The number of carbonyl (C=O) groups is 1. The molecule has 0 atom stereocenters. The normalized spacial score (nSPS) is 12.8. The first-order valence-corrected chi connectivity index (χ1v) is 7.95. The molecule has 6 heteroatoms. The fourth-order valence-corrected chi connectivity index (χ4v) is 2.78. The van der Waals surface area contributed by atoms with Gasteiger partial charge >= 0.3 is 0 Å². The van der Waals surface area contributed by atoms with Gasteiger partial charge in [-0.15, -0.1) is 11.8 Å². The van der Waals surface area contributed by atoms with Crippen molar-refractivity contribution in [1.82, 2.24) is 4.98 Å². The standard InChI is InChI=1S/C16H16N2O3S/c1-11-3-2-4-15(17-11)18-16(19)10-22-12-5-6-13-14(9-12)21-8-7-20-13/h2-6,9H,7-8,10H2,1H3,(H,17,18,19). The molecule has 0 fully saturated rings. The van der Waals surface area contributed by atoms with Crippen LogP contribution >= 0.6 is 11.8 Å². The second kappa shape index (κ2) is 6.70. The van der Waals surface area contributed by atoms with E-state index in [2.05, 4.69) is 10.3 Å². The molecule has 0 spiro atoms. The Bertz CT molecular complexity index is 691.